The smallest absolute Gasteiger partial charge is 0.257 e. The second kappa shape index (κ2) is 5.72. The highest BCUT2D eigenvalue weighted by Gasteiger charge is 2.14. The van der Waals surface area contributed by atoms with E-state index in [4.69, 9.17) is 16.9 Å². The minimum atomic E-state index is -0.378. The van der Waals surface area contributed by atoms with Crippen LogP contribution < -0.4 is 5.32 Å². The Bertz CT molecular complexity index is 686. The van der Waals surface area contributed by atoms with Crippen molar-refractivity contribution in [3.05, 3.63) is 40.3 Å². The molecular weight excluding hydrogens is 278 g/mol. The van der Waals surface area contributed by atoms with Crippen molar-refractivity contribution >= 4 is 23.3 Å². The summed E-state index contributed by atoms with van der Waals surface area (Å²) in [5.41, 5.74) is 1.38. The predicted molar refractivity (Wildman–Crippen MR) is 74.6 cm³/mol. The fraction of sp³-hybridized carbons (Fsp3) is 0.231. The molecule has 0 saturated carbocycles. The highest BCUT2D eigenvalue weighted by atomic mass is 35.5. The molecular formula is C13H12ClN5O. The number of aromatic nitrogens is 3. The first-order chi connectivity index (χ1) is 9.51. The molecule has 0 atom stereocenters. The van der Waals surface area contributed by atoms with Crippen LogP contribution in [0.2, 0.25) is 5.15 Å². The Balaban J connectivity index is 2.28. The van der Waals surface area contributed by atoms with Crippen LogP contribution in [0.1, 0.15) is 41.4 Å². The van der Waals surface area contributed by atoms with Gasteiger partial charge in [0.05, 0.1) is 6.20 Å². The maximum Gasteiger partial charge on any atom is 0.257 e. The Morgan fingerprint density at radius 2 is 2.25 bits per heavy atom. The van der Waals surface area contributed by atoms with Gasteiger partial charge in [-0.25, -0.2) is 4.98 Å². The van der Waals surface area contributed by atoms with Crippen molar-refractivity contribution in [3.63, 3.8) is 0 Å². The third-order valence-electron chi connectivity index (χ3n) is 2.67. The van der Waals surface area contributed by atoms with E-state index in [1.807, 2.05) is 19.9 Å². The highest BCUT2D eigenvalue weighted by molar-refractivity contribution is 6.29. The van der Waals surface area contributed by atoms with Gasteiger partial charge in [-0.1, -0.05) is 25.4 Å². The summed E-state index contributed by atoms with van der Waals surface area (Å²) in [7, 11) is 0. The summed E-state index contributed by atoms with van der Waals surface area (Å²) in [6.45, 7) is 3.92. The van der Waals surface area contributed by atoms with Crippen LogP contribution in [0.3, 0.4) is 0 Å². The Hall–Kier alpha value is -2.39. The van der Waals surface area contributed by atoms with Crippen LogP contribution in [0.25, 0.3) is 0 Å². The van der Waals surface area contributed by atoms with Gasteiger partial charge in [0, 0.05) is 11.3 Å². The van der Waals surface area contributed by atoms with Crippen LogP contribution in [-0.4, -0.2) is 21.1 Å². The summed E-state index contributed by atoms with van der Waals surface area (Å²) in [5.74, 6) is 0.0376. The Morgan fingerprint density at radius 1 is 1.50 bits per heavy atom. The van der Waals surface area contributed by atoms with Crippen LogP contribution in [0.15, 0.2) is 18.3 Å². The van der Waals surface area contributed by atoms with Crippen molar-refractivity contribution in [2.24, 2.45) is 0 Å². The molecule has 0 aliphatic rings. The van der Waals surface area contributed by atoms with E-state index in [1.54, 1.807) is 6.07 Å². The first kappa shape index (κ1) is 14.0. The van der Waals surface area contributed by atoms with Gasteiger partial charge < -0.3 is 5.32 Å². The van der Waals surface area contributed by atoms with Crippen LogP contribution in [-0.2, 0) is 0 Å². The molecule has 6 nitrogen and oxygen atoms in total. The van der Waals surface area contributed by atoms with Gasteiger partial charge in [-0.05, 0) is 18.1 Å². The summed E-state index contributed by atoms with van der Waals surface area (Å²) < 4.78 is 0. The molecule has 1 amide bonds. The van der Waals surface area contributed by atoms with E-state index >= 15 is 0 Å². The number of amides is 1. The summed E-state index contributed by atoms with van der Waals surface area (Å²) in [4.78, 5) is 16.3. The molecule has 7 heteroatoms. The summed E-state index contributed by atoms with van der Waals surface area (Å²) >= 11 is 5.91. The fourth-order valence-electron chi connectivity index (χ4n) is 1.60. The molecule has 0 aliphatic carbocycles. The topological polar surface area (TPSA) is 94.5 Å². The van der Waals surface area contributed by atoms with E-state index in [0.717, 1.165) is 5.69 Å². The number of hydrogen-bond donors (Lipinski definition) is 2. The zero-order valence-electron chi connectivity index (χ0n) is 10.9. The highest BCUT2D eigenvalue weighted by Crippen LogP contribution is 2.19. The lowest BCUT2D eigenvalue weighted by atomic mass is 10.1. The lowest BCUT2D eigenvalue weighted by Crippen LogP contribution is -2.14. The lowest BCUT2D eigenvalue weighted by Gasteiger charge is -2.08. The number of rotatable bonds is 3. The average Bonchev–Trinajstić information content (AvgIpc) is 2.85. The van der Waals surface area contributed by atoms with Crippen molar-refractivity contribution in [2.45, 2.75) is 19.8 Å². The third-order valence-corrected chi connectivity index (χ3v) is 2.86. The average molecular weight is 290 g/mol. The molecule has 2 N–H and O–H groups in total. The zero-order chi connectivity index (χ0) is 14.7. The van der Waals surface area contributed by atoms with Crippen molar-refractivity contribution in [1.29, 1.82) is 5.26 Å². The van der Waals surface area contributed by atoms with E-state index in [9.17, 15) is 4.79 Å². The third kappa shape index (κ3) is 2.95. The number of hydrogen-bond acceptors (Lipinski definition) is 4. The van der Waals surface area contributed by atoms with Crippen LogP contribution in [0.5, 0.6) is 0 Å². The lowest BCUT2D eigenvalue weighted by molar-refractivity contribution is 0.102. The largest absolute Gasteiger partial charge is 0.306 e. The molecule has 0 aromatic carbocycles. The normalized spacial score (nSPS) is 10.3. The van der Waals surface area contributed by atoms with Crippen molar-refractivity contribution < 1.29 is 4.79 Å². The van der Waals surface area contributed by atoms with Gasteiger partial charge in [0.15, 0.2) is 0 Å². The molecule has 0 radical (unpaired) electrons. The molecule has 2 rings (SSSR count). The molecule has 2 aromatic rings. The maximum atomic E-state index is 12.2. The molecule has 2 heterocycles. The minimum absolute atomic E-state index is 0.155. The molecule has 0 bridgehead atoms. The molecule has 0 saturated heterocycles. The summed E-state index contributed by atoms with van der Waals surface area (Å²) in [6, 6.07) is 5.08. The first-order valence-corrected chi connectivity index (χ1v) is 6.31. The summed E-state index contributed by atoms with van der Waals surface area (Å²) in [6.07, 6.45) is 1.34. The maximum absolute atomic E-state index is 12.2. The molecule has 102 valence electrons. The zero-order valence-corrected chi connectivity index (χ0v) is 11.7. The fourth-order valence-corrected chi connectivity index (χ4v) is 1.81. The van der Waals surface area contributed by atoms with E-state index in [-0.39, 0.29) is 28.4 Å². The molecule has 0 spiro atoms. The number of aromatic amines is 1. The number of anilines is 1. The molecule has 20 heavy (non-hydrogen) atoms. The summed E-state index contributed by atoms with van der Waals surface area (Å²) in [5, 5.41) is 18.0. The van der Waals surface area contributed by atoms with Crippen LogP contribution >= 0.6 is 11.6 Å². The Kier molecular flexibility index (Phi) is 4.01. The van der Waals surface area contributed by atoms with Crippen LogP contribution in [0, 0.1) is 11.3 Å². The number of carbonyl (C=O) groups excluding carboxylic acids is 1. The molecule has 0 fully saturated rings. The number of H-pyrrole nitrogens is 1. The Labute approximate surface area is 120 Å². The van der Waals surface area contributed by atoms with Gasteiger partial charge in [0.2, 0.25) is 0 Å². The monoisotopic (exact) mass is 289 g/mol. The standard InChI is InChI=1S/C13H12ClN5O/c1-7(2)10-3-8(4-11(14)17-10)13(20)18-12-9(5-15)6-16-19-12/h3-4,6-7H,1-2H3,(H2,16,18,19,20). The minimum Gasteiger partial charge on any atom is -0.306 e. The second-order valence-electron chi connectivity index (χ2n) is 4.48. The van der Waals surface area contributed by atoms with E-state index in [0.29, 0.717) is 5.56 Å². The van der Waals surface area contributed by atoms with Gasteiger partial charge in [-0.2, -0.15) is 10.4 Å². The van der Waals surface area contributed by atoms with Crippen molar-refractivity contribution in [2.75, 3.05) is 5.32 Å². The number of nitrogens with one attached hydrogen (secondary N) is 2. The molecule has 0 aliphatic heterocycles. The van der Waals surface area contributed by atoms with Gasteiger partial charge in [-0.3, -0.25) is 9.89 Å². The molecule has 2 aromatic heterocycles. The number of halogens is 1. The van der Waals surface area contributed by atoms with Gasteiger partial charge in [-0.15, -0.1) is 0 Å². The molecule has 0 unspecified atom stereocenters. The first-order valence-electron chi connectivity index (χ1n) is 5.93. The SMILES string of the molecule is CC(C)c1cc(C(=O)Nc2[nH]ncc2C#N)cc(Cl)n1. The van der Waals surface area contributed by atoms with Crippen LogP contribution in [0.4, 0.5) is 5.82 Å². The van der Waals surface area contributed by atoms with E-state index < -0.39 is 0 Å². The van der Waals surface area contributed by atoms with Gasteiger partial charge in [0.25, 0.3) is 5.91 Å². The Morgan fingerprint density at radius 3 is 2.90 bits per heavy atom. The number of carbonyl (C=O) groups is 1. The number of nitriles is 1. The van der Waals surface area contributed by atoms with Gasteiger partial charge >= 0.3 is 0 Å². The van der Waals surface area contributed by atoms with Crippen molar-refractivity contribution in [3.8, 4) is 6.07 Å². The number of nitrogens with zero attached hydrogens (tertiary/aromatic N) is 3. The number of pyridine rings is 1. The van der Waals surface area contributed by atoms with Crippen molar-refractivity contribution in [1.82, 2.24) is 15.2 Å². The quantitative estimate of drug-likeness (QED) is 0.849. The predicted octanol–water partition coefficient (Wildman–Crippen LogP) is 2.71. The van der Waals surface area contributed by atoms with E-state index in [2.05, 4.69) is 20.5 Å². The second-order valence-corrected chi connectivity index (χ2v) is 4.87. The van der Waals surface area contributed by atoms with Gasteiger partial charge in [0.1, 0.15) is 22.6 Å². The van der Waals surface area contributed by atoms with E-state index in [1.165, 1.54) is 12.3 Å².